The maximum absolute atomic E-state index is 12.9. The first-order valence-corrected chi connectivity index (χ1v) is 10.7. The molecule has 1 aromatic rings. The third-order valence-corrected chi connectivity index (χ3v) is 6.93. The van der Waals surface area contributed by atoms with E-state index in [0.717, 1.165) is 24.8 Å². The predicted octanol–water partition coefficient (Wildman–Crippen LogP) is 1.53. The van der Waals surface area contributed by atoms with E-state index in [1.165, 1.54) is 6.08 Å². The number of hydrogen-bond acceptors (Lipinski definition) is 4. The van der Waals surface area contributed by atoms with E-state index in [1.807, 2.05) is 0 Å². The fourth-order valence-corrected chi connectivity index (χ4v) is 5.11. The smallest absolute Gasteiger partial charge is 0.254 e. The van der Waals surface area contributed by atoms with Gasteiger partial charge in [-0.2, -0.15) is 0 Å². The molecule has 140 valence electrons. The van der Waals surface area contributed by atoms with E-state index in [4.69, 9.17) is 0 Å². The first-order chi connectivity index (χ1) is 12.4. The Hall–Kier alpha value is -2.15. The molecule has 2 aliphatic rings. The molecule has 0 radical (unpaired) electrons. The Labute approximate surface area is 154 Å². The van der Waals surface area contributed by atoms with E-state index in [-0.39, 0.29) is 35.9 Å². The topological polar surface area (TPSA) is 83.6 Å². The summed E-state index contributed by atoms with van der Waals surface area (Å²) in [5.41, 5.74) is 1.43. The number of nitrogens with one attached hydrogen (secondary N) is 1. The molecule has 1 saturated heterocycles. The van der Waals surface area contributed by atoms with Crippen LogP contribution in [0.1, 0.15) is 35.2 Å². The van der Waals surface area contributed by atoms with Gasteiger partial charge in [0.25, 0.3) is 5.91 Å². The summed E-state index contributed by atoms with van der Waals surface area (Å²) in [6.45, 7) is 4.03. The first kappa shape index (κ1) is 18.6. The Kier molecular flexibility index (Phi) is 5.46. The number of carbonyl (C=O) groups excluding carboxylic acids is 2. The molecule has 1 atom stereocenters. The fourth-order valence-electron chi connectivity index (χ4n) is 3.50. The largest absolute Gasteiger partial charge is 0.348 e. The Morgan fingerprint density at radius 2 is 1.92 bits per heavy atom. The van der Waals surface area contributed by atoms with Crippen molar-refractivity contribution >= 4 is 21.7 Å². The van der Waals surface area contributed by atoms with Gasteiger partial charge in [0.05, 0.1) is 11.5 Å². The summed E-state index contributed by atoms with van der Waals surface area (Å²) >= 11 is 0. The summed E-state index contributed by atoms with van der Waals surface area (Å²) in [5, 5.41) is 2.69. The maximum Gasteiger partial charge on any atom is 0.254 e. The molecule has 0 spiro atoms. The molecular weight excluding hydrogens is 352 g/mol. The molecule has 1 unspecified atom stereocenters. The minimum absolute atomic E-state index is 0.0353. The van der Waals surface area contributed by atoms with Gasteiger partial charge >= 0.3 is 0 Å². The lowest BCUT2D eigenvalue weighted by Gasteiger charge is -2.43. The van der Waals surface area contributed by atoms with Gasteiger partial charge in [0.2, 0.25) is 5.91 Å². The molecule has 7 heteroatoms. The summed E-state index contributed by atoms with van der Waals surface area (Å²) in [6.07, 6.45) is 4.30. The number of hydrogen-bond donors (Lipinski definition) is 1. The summed E-state index contributed by atoms with van der Waals surface area (Å²) in [5.74, 6) is 0.0480. The van der Waals surface area contributed by atoms with Crippen molar-refractivity contribution in [2.24, 2.45) is 5.92 Å². The normalized spacial score (nSPS) is 22.3. The molecule has 1 aliphatic heterocycles. The quantitative estimate of drug-likeness (QED) is 0.790. The molecule has 0 aromatic heterocycles. The van der Waals surface area contributed by atoms with Crippen molar-refractivity contribution in [3.63, 3.8) is 0 Å². The van der Waals surface area contributed by atoms with Crippen molar-refractivity contribution in [2.45, 2.75) is 31.8 Å². The van der Waals surface area contributed by atoms with Gasteiger partial charge < -0.3 is 10.2 Å². The third-order valence-electron chi connectivity index (χ3n) is 5.28. The van der Waals surface area contributed by atoms with E-state index in [1.54, 1.807) is 29.2 Å². The SMILES string of the molecule is C=CC(=O)NCc1ccc(C(=O)N2CCS(=O)(=O)CC2C2CCC2)cc1. The third kappa shape index (κ3) is 4.15. The summed E-state index contributed by atoms with van der Waals surface area (Å²) in [6, 6.07) is 6.87. The zero-order valence-electron chi connectivity index (χ0n) is 14.7. The van der Waals surface area contributed by atoms with Crippen molar-refractivity contribution in [3.8, 4) is 0 Å². The van der Waals surface area contributed by atoms with Crippen LogP contribution in [0.5, 0.6) is 0 Å². The minimum atomic E-state index is -3.07. The Bertz CT molecular complexity index is 797. The second-order valence-electron chi connectivity index (χ2n) is 6.99. The molecule has 2 amide bonds. The zero-order chi connectivity index (χ0) is 18.7. The standard InChI is InChI=1S/C19H24N2O4S/c1-2-18(22)20-12-14-6-8-16(9-7-14)19(23)21-10-11-26(24,25)13-17(21)15-4-3-5-15/h2,6-9,15,17H,1,3-5,10-13H2,(H,20,22). The van der Waals surface area contributed by atoms with E-state index < -0.39 is 9.84 Å². The highest BCUT2D eigenvalue weighted by atomic mass is 32.2. The molecule has 1 N–H and O–H groups in total. The van der Waals surface area contributed by atoms with Crippen molar-refractivity contribution in [2.75, 3.05) is 18.1 Å². The van der Waals surface area contributed by atoms with Gasteiger partial charge in [0.1, 0.15) is 0 Å². The number of benzene rings is 1. The first-order valence-electron chi connectivity index (χ1n) is 8.90. The van der Waals surface area contributed by atoms with Crippen LogP contribution < -0.4 is 5.32 Å². The molecule has 6 nitrogen and oxygen atoms in total. The lowest BCUT2D eigenvalue weighted by molar-refractivity contribution is -0.116. The lowest BCUT2D eigenvalue weighted by Crippen LogP contribution is -2.55. The van der Waals surface area contributed by atoms with Crippen LogP contribution in [0.25, 0.3) is 0 Å². The molecule has 3 rings (SSSR count). The van der Waals surface area contributed by atoms with Crippen molar-refractivity contribution < 1.29 is 18.0 Å². The molecule has 1 aliphatic carbocycles. The van der Waals surface area contributed by atoms with Gasteiger partial charge in [-0.1, -0.05) is 25.1 Å². The lowest BCUT2D eigenvalue weighted by atomic mass is 9.79. The summed E-state index contributed by atoms with van der Waals surface area (Å²) in [7, 11) is -3.07. The van der Waals surface area contributed by atoms with Crippen LogP contribution in [-0.4, -0.2) is 49.2 Å². The zero-order valence-corrected chi connectivity index (χ0v) is 15.5. The highest BCUT2D eigenvalue weighted by Gasteiger charge is 2.40. The molecule has 0 bridgehead atoms. The average Bonchev–Trinajstić information content (AvgIpc) is 2.57. The Balaban J connectivity index is 1.70. The fraction of sp³-hybridized carbons (Fsp3) is 0.474. The maximum atomic E-state index is 12.9. The number of rotatable bonds is 5. The van der Waals surface area contributed by atoms with Crippen LogP contribution in [0.4, 0.5) is 0 Å². The van der Waals surface area contributed by atoms with Crippen LogP contribution in [0.15, 0.2) is 36.9 Å². The molecule has 1 heterocycles. The van der Waals surface area contributed by atoms with Crippen molar-refractivity contribution in [1.29, 1.82) is 0 Å². The molecule has 1 aromatic carbocycles. The summed E-state index contributed by atoms with van der Waals surface area (Å²) < 4.78 is 24.1. The van der Waals surface area contributed by atoms with Gasteiger partial charge in [-0.25, -0.2) is 8.42 Å². The van der Waals surface area contributed by atoms with Crippen molar-refractivity contribution in [3.05, 3.63) is 48.0 Å². The Morgan fingerprint density at radius 1 is 1.23 bits per heavy atom. The van der Waals surface area contributed by atoms with Crippen LogP contribution >= 0.6 is 0 Å². The second-order valence-corrected chi connectivity index (χ2v) is 9.22. The van der Waals surface area contributed by atoms with E-state index >= 15 is 0 Å². The van der Waals surface area contributed by atoms with Gasteiger partial charge in [0, 0.05) is 24.7 Å². The molecule has 1 saturated carbocycles. The summed E-state index contributed by atoms with van der Waals surface area (Å²) in [4.78, 5) is 25.9. The van der Waals surface area contributed by atoms with Crippen LogP contribution in [0.3, 0.4) is 0 Å². The second kappa shape index (κ2) is 7.61. The molecular formula is C19H24N2O4S. The van der Waals surface area contributed by atoms with Crippen molar-refractivity contribution in [1.82, 2.24) is 10.2 Å². The minimum Gasteiger partial charge on any atom is -0.348 e. The van der Waals surface area contributed by atoms with Crippen LogP contribution in [0.2, 0.25) is 0 Å². The highest BCUT2D eigenvalue weighted by Crippen LogP contribution is 2.35. The van der Waals surface area contributed by atoms with Gasteiger partial charge in [-0.3, -0.25) is 9.59 Å². The van der Waals surface area contributed by atoms with E-state index in [0.29, 0.717) is 18.0 Å². The van der Waals surface area contributed by atoms with Gasteiger partial charge in [0.15, 0.2) is 9.84 Å². The van der Waals surface area contributed by atoms with E-state index in [9.17, 15) is 18.0 Å². The van der Waals surface area contributed by atoms with Gasteiger partial charge in [-0.05, 0) is 42.5 Å². The Morgan fingerprint density at radius 3 is 2.50 bits per heavy atom. The monoisotopic (exact) mass is 376 g/mol. The number of sulfone groups is 1. The number of carbonyl (C=O) groups is 2. The number of nitrogens with zero attached hydrogens (tertiary/aromatic N) is 1. The predicted molar refractivity (Wildman–Crippen MR) is 99.3 cm³/mol. The number of amides is 2. The van der Waals surface area contributed by atoms with Crippen LogP contribution in [0, 0.1) is 5.92 Å². The average molecular weight is 376 g/mol. The highest BCUT2D eigenvalue weighted by molar-refractivity contribution is 7.91. The molecule has 26 heavy (non-hydrogen) atoms. The van der Waals surface area contributed by atoms with Crippen LogP contribution in [-0.2, 0) is 21.2 Å². The van der Waals surface area contributed by atoms with E-state index in [2.05, 4.69) is 11.9 Å². The van der Waals surface area contributed by atoms with Gasteiger partial charge in [-0.15, -0.1) is 0 Å². The molecule has 2 fully saturated rings.